The van der Waals surface area contributed by atoms with Crippen molar-refractivity contribution in [3.05, 3.63) is 57.8 Å². The van der Waals surface area contributed by atoms with E-state index in [1.54, 1.807) is 17.6 Å². The standard InChI is InChI=1S/C29H34N8O5S/c1-6-16(3)37-28-25(35-27(29(37)39)31-12-20-10-11-21(13-30-20)43(40,41)7-2)22(14-42-18(5)38)34-26(36-28)23-17(4)32-15-33-24(23)19-8-9-19/h10-11,13,15-16,19H,6-9,12,14H2,1-5H3,(H,31,35)/t16-/m1/s1. The molecule has 1 saturated carbocycles. The van der Waals surface area contributed by atoms with Gasteiger partial charge in [-0.1, -0.05) is 13.8 Å². The average molecular weight is 607 g/mol. The maximum atomic E-state index is 13.9. The number of anilines is 1. The lowest BCUT2D eigenvalue weighted by Gasteiger charge is -2.19. The number of pyridine rings is 1. The molecule has 0 aliphatic heterocycles. The SMILES string of the molecule is CC[C@@H](C)n1c(=O)c(NCc2ccc(S(=O)(=O)CC)cn2)nc2c(COC(C)=O)nc(-c3c(C)ncnc3C3CC3)nc21. The maximum Gasteiger partial charge on any atom is 0.303 e. The smallest absolute Gasteiger partial charge is 0.303 e. The van der Waals surface area contributed by atoms with Crippen molar-refractivity contribution < 1.29 is 17.9 Å². The van der Waals surface area contributed by atoms with Crippen molar-refractivity contribution in [2.24, 2.45) is 0 Å². The molecule has 1 aliphatic rings. The Kier molecular flexibility index (Phi) is 8.49. The molecule has 5 rings (SSSR count). The molecule has 0 saturated heterocycles. The number of nitrogens with one attached hydrogen (secondary N) is 1. The van der Waals surface area contributed by atoms with Crippen LogP contribution in [0.5, 0.6) is 0 Å². The number of aryl methyl sites for hydroxylation is 1. The molecule has 0 radical (unpaired) electrons. The maximum absolute atomic E-state index is 13.9. The van der Waals surface area contributed by atoms with Crippen molar-refractivity contribution in [3.8, 4) is 11.4 Å². The van der Waals surface area contributed by atoms with Gasteiger partial charge in [-0.2, -0.15) is 0 Å². The minimum atomic E-state index is -3.38. The van der Waals surface area contributed by atoms with Crippen LogP contribution in [0, 0.1) is 6.92 Å². The Morgan fingerprint density at radius 2 is 1.91 bits per heavy atom. The van der Waals surface area contributed by atoms with Crippen molar-refractivity contribution in [3.63, 3.8) is 0 Å². The van der Waals surface area contributed by atoms with E-state index in [1.165, 1.54) is 25.5 Å². The van der Waals surface area contributed by atoms with E-state index in [-0.39, 0.29) is 35.7 Å². The van der Waals surface area contributed by atoms with Crippen LogP contribution in [0.25, 0.3) is 22.6 Å². The largest absolute Gasteiger partial charge is 0.459 e. The van der Waals surface area contributed by atoms with Crippen LogP contribution < -0.4 is 10.9 Å². The van der Waals surface area contributed by atoms with Crippen LogP contribution in [0.2, 0.25) is 0 Å². The molecule has 13 nitrogen and oxygen atoms in total. The normalized spacial score (nSPS) is 14.1. The Balaban J connectivity index is 1.64. The number of aromatic nitrogens is 7. The highest BCUT2D eigenvalue weighted by Crippen LogP contribution is 2.43. The van der Waals surface area contributed by atoms with Crippen molar-refractivity contribution in [2.75, 3.05) is 11.1 Å². The lowest BCUT2D eigenvalue weighted by molar-refractivity contribution is -0.142. The first-order valence-electron chi connectivity index (χ1n) is 14.2. The molecule has 1 fully saturated rings. The van der Waals surface area contributed by atoms with Gasteiger partial charge in [-0.25, -0.2) is 33.3 Å². The van der Waals surface area contributed by atoms with Crippen molar-refractivity contribution >= 4 is 32.8 Å². The summed E-state index contributed by atoms with van der Waals surface area (Å²) in [5, 5.41) is 3.05. The fraction of sp³-hybridized carbons (Fsp3) is 0.448. The third kappa shape index (κ3) is 6.24. The van der Waals surface area contributed by atoms with Crippen LogP contribution in [-0.4, -0.2) is 54.6 Å². The van der Waals surface area contributed by atoms with Crippen LogP contribution in [0.1, 0.15) is 81.7 Å². The second-order valence-electron chi connectivity index (χ2n) is 10.6. The second-order valence-corrected chi connectivity index (χ2v) is 12.9. The van der Waals surface area contributed by atoms with E-state index < -0.39 is 21.4 Å². The Hall–Kier alpha value is -4.33. The molecule has 0 unspecified atom stereocenters. The van der Waals surface area contributed by atoms with Gasteiger partial charge in [-0.15, -0.1) is 0 Å². The molecule has 0 aromatic carbocycles. The highest BCUT2D eigenvalue weighted by molar-refractivity contribution is 7.91. The fourth-order valence-electron chi connectivity index (χ4n) is 4.70. The average Bonchev–Trinajstić information content (AvgIpc) is 3.84. The van der Waals surface area contributed by atoms with Gasteiger partial charge in [-0.3, -0.25) is 19.1 Å². The predicted molar refractivity (Wildman–Crippen MR) is 159 cm³/mol. The Morgan fingerprint density at radius 3 is 2.53 bits per heavy atom. The van der Waals surface area contributed by atoms with Crippen LogP contribution in [0.15, 0.2) is 34.3 Å². The number of carbonyl (C=O) groups is 1. The molecule has 0 bridgehead atoms. The van der Waals surface area contributed by atoms with E-state index in [0.717, 1.165) is 18.5 Å². The summed E-state index contributed by atoms with van der Waals surface area (Å²) >= 11 is 0. The first-order chi connectivity index (χ1) is 20.5. The van der Waals surface area contributed by atoms with Gasteiger partial charge in [0.2, 0.25) is 0 Å². The Morgan fingerprint density at radius 1 is 1.14 bits per heavy atom. The van der Waals surface area contributed by atoms with Gasteiger partial charge in [-0.05, 0) is 45.2 Å². The highest BCUT2D eigenvalue weighted by atomic mass is 32.2. The molecule has 43 heavy (non-hydrogen) atoms. The summed E-state index contributed by atoms with van der Waals surface area (Å²) < 4.78 is 31.2. The number of fused-ring (bicyclic) bond motifs is 1. The van der Waals surface area contributed by atoms with E-state index in [2.05, 4.69) is 25.3 Å². The zero-order valence-electron chi connectivity index (χ0n) is 24.8. The van der Waals surface area contributed by atoms with Gasteiger partial charge in [0.1, 0.15) is 24.1 Å². The summed E-state index contributed by atoms with van der Waals surface area (Å²) in [5.74, 6) is 0.164. The van der Waals surface area contributed by atoms with Crippen molar-refractivity contribution in [2.45, 2.75) is 83.9 Å². The monoisotopic (exact) mass is 606 g/mol. The number of sulfone groups is 1. The second kappa shape index (κ2) is 12.1. The Bertz CT molecular complexity index is 1850. The first-order valence-corrected chi connectivity index (χ1v) is 15.9. The number of rotatable bonds is 11. The summed E-state index contributed by atoms with van der Waals surface area (Å²) in [4.78, 5) is 53.3. The Labute approximate surface area is 249 Å². The summed E-state index contributed by atoms with van der Waals surface area (Å²) in [6.45, 7) is 8.57. The van der Waals surface area contributed by atoms with Gasteiger partial charge in [0.05, 0.1) is 39.8 Å². The first kappa shape index (κ1) is 30.1. The molecule has 1 N–H and O–H groups in total. The lowest BCUT2D eigenvalue weighted by Crippen LogP contribution is -2.29. The van der Waals surface area contributed by atoms with E-state index in [4.69, 9.17) is 14.7 Å². The van der Waals surface area contributed by atoms with E-state index in [9.17, 15) is 18.0 Å². The van der Waals surface area contributed by atoms with Crippen LogP contribution in [0.3, 0.4) is 0 Å². The van der Waals surface area contributed by atoms with E-state index in [1.807, 2.05) is 20.8 Å². The van der Waals surface area contributed by atoms with Crippen molar-refractivity contribution in [1.82, 2.24) is 34.5 Å². The number of carbonyl (C=O) groups excluding carboxylic acids is 1. The third-order valence-corrected chi connectivity index (χ3v) is 9.20. The molecular weight excluding hydrogens is 572 g/mol. The number of hydrogen-bond acceptors (Lipinski definition) is 12. The predicted octanol–water partition coefficient (Wildman–Crippen LogP) is 3.66. The molecule has 0 spiro atoms. The molecule has 4 aromatic heterocycles. The zero-order valence-corrected chi connectivity index (χ0v) is 25.6. The van der Waals surface area contributed by atoms with Gasteiger partial charge in [0.25, 0.3) is 5.56 Å². The number of nitrogens with zero attached hydrogens (tertiary/aromatic N) is 7. The number of hydrogen-bond donors (Lipinski definition) is 1. The van der Waals surface area contributed by atoms with Gasteiger partial charge in [0, 0.05) is 25.1 Å². The zero-order chi connectivity index (χ0) is 30.9. The van der Waals surface area contributed by atoms with Crippen LogP contribution in [-0.2, 0) is 32.5 Å². The highest BCUT2D eigenvalue weighted by Gasteiger charge is 2.31. The van der Waals surface area contributed by atoms with Gasteiger partial charge >= 0.3 is 5.97 Å². The van der Waals surface area contributed by atoms with Gasteiger partial charge in [0.15, 0.2) is 27.1 Å². The summed E-state index contributed by atoms with van der Waals surface area (Å²) in [7, 11) is -3.38. The molecule has 1 atom stereocenters. The molecule has 0 amide bonds. The minimum Gasteiger partial charge on any atom is -0.459 e. The summed E-state index contributed by atoms with van der Waals surface area (Å²) in [6, 6.07) is 2.83. The summed E-state index contributed by atoms with van der Waals surface area (Å²) in [6.07, 6.45) is 5.49. The minimum absolute atomic E-state index is 0.0271. The van der Waals surface area contributed by atoms with Gasteiger partial charge < -0.3 is 10.1 Å². The topological polar surface area (TPSA) is 172 Å². The van der Waals surface area contributed by atoms with Crippen LogP contribution in [0.4, 0.5) is 5.82 Å². The molecule has 14 heteroatoms. The molecule has 4 aromatic rings. The lowest BCUT2D eigenvalue weighted by atomic mass is 10.1. The summed E-state index contributed by atoms with van der Waals surface area (Å²) in [5.41, 5.74) is 3.38. The molecule has 226 valence electrons. The molecular formula is C29H34N8O5S. The molecule has 4 heterocycles. The van der Waals surface area contributed by atoms with E-state index >= 15 is 0 Å². The van der Waals surface area contributed by atoms with Crippen LogP contribution >= 0.6 is 0 Å². The number of ether oxygens (including phenoxy) is 1. The van der Waals surface area contributed by atoms with Crippen molar-refractivity contribution in [1.29, 1.82) is 0 Å². The molecule has 1 aliphatic carbocycles. The third-order valence-electron chi connectivity index (χ3n) is 7.48. The quantitative estimate of drug-likeness (QED) is 0.246. The fourth-order valence-corrected chi connectivity index (χ4v) is 5.53. The van der Waals surface area contributed by atoms with E-state index in [0.29, 0.717) is 52.0 Å². The number of esters is 1.